The molecule has 0 fully saturated rings. The van der Waals surface area contributed by atoms with Gasteiger partial charge in [-0.15, -0.1) is 0 Å². The molecule has 1 heterocycles. The Hall–Kier alpha value is -7.16. The molecule has 0 bridgehead atoms. The first-order valence-electron chi connectivity index (χ1n) is 21.1. The molecule has 2 nitrogen and oxygen atoms in total. The number of benzene rings is 9. The zero-order chi connectivity index (χ0) is 40.3. The number of fused-ring (bicyclic) bond motifs is 10. The molecule has 0 saturated carbocycles. The van der Waals surface area contributed by atoms with Crippen molar-refractivity contribution in [2.24, 2.45) is 0 Å². The highest BCUT2D eigenvalue weighted by atomic mass is 16.3. The van der Waals surface area contributed by atoms with E-state index in [1.807, 2.05) is 0 Å². The summed E-state index contributed by atoms with van der Waals surface area (Å²) in [7, 11) is 0. The van der Waals surface area contributed by atoms with Crippen molar-refractivity contribution in [2.75, 3.05) is 4.90 Å². The molecule has 0 atom stereocenters. The van der Waals surface area contributed by atoms with Gasteiger partial charge in [0.25, 0.3) is 0 Å². The van der Waals surface area contributed by atoms with Crippen molar-refractivity contribution < 1.29 is 4.42 Å². The van der Waals surface area contributed by atoms with Gasteiger partial charge in [-0.2, -0.15) is 0 Å². The second kappa shape index (κ2) is 12.7. The summed E-state index contributed by atoms with van der Waals surface area (Å²) in [4.78, 5) is 2.41. The monoisotopic (exact) mass is 769 g/mol. The van der Waals surface area contributed by atoms with Crippen LogP contribution in [0.1, 0.15) is 49.9 Å². The SMILES string of the molecule is CC1(C)c2ccccc2-c2ccc(-c3c4ccccc4cc4c3oc3ccc(N(c5ccc(-c6ccccc6)cc5)c5ccc6c(c5)C(C)(C)c5ccccc5-6)cc34)cc21. The van der Waals surface area contributed by atoms with Crippen LogP contribution in [0.25, 0.3) is 77.2 Å². The van der Waals surface area contributed by atoms with Crippen LogP contribution in [0.4, 0.5) is 17.1 Å². The standard InChI is InChI=1S/C58H43NO/c1-57(2)50-20-12-10-18-44(50)46-29-24-39(33-52(46)57)55-43-17-9-8-16-38(43)32-49-48-34-41(28-31-54(48)60-56(49)55)59(40-25-22-37(23-26-40)36-14-6-5-7-15-36)42-27-30-47-45-19-11-13-21-51(45)58(3,4)53(47)35-42/h5-35H,1-4H3. The van der Waals surface area contributed by atoms with E-state index in [1.54, 1.807) is 0 Å². The first kappa shape index (κ1) is 34.8. The molecule has 9 aromatic carbocycles. The predicted molar refractivity (Wildman–Crippen MR) is 252 cm³/mol. The highest BCUT2D eigenvalue weighted by Crippen LogP contribution is 2.53. The van der Waals surface area contributed by atoms with Crippen LogP contribution in [0.2, 0.25) is 0 Å². The fourth-order valence-electron chi connectivity index (χ4n) is 10.6. The quantitative estimate of drug-likeness (QED) is 0.173. The minimum Gasteiger partial charge on any atom is -0.455 e. The Kier molecular flexibility index (Phi) is 7.36. The molecule has 2 aliphatic carbocycles. The van der Waals surface area contributed by atoms with Gasteiger partial charge in [0.1, 0.15) is 11.2 Å². The average molecular weight is 770 g/mol. The van der Waals surface area contributed by atoms with E-state index in [4.69, 9.17) is 4.42 Å². The Morgan fingerprint density at radius 2 is 0.900 bits per heavy atom. The summed E-state index contributed by atoms with van der Waals surface area (Å²) >= 11 is 0. The molecule has 2 heteroatoms. The van der Waals surface area contributed by atoms with Crippen molar-refractivity contribution in [3.05, 3.63) is 210 Å². The molecule has 10 aromatic rings. The third kappa shape index (κ3) is 5.01. The summed E-state index contributed by atoms with van der Waals surface area (Å²) in [5.41, 5.74) is 20.4. The molecule has 286 valence electrons. The van der Waals surface area contributed by atoms with Gasteiger partial charge >= 0.3 is 0 Å². The van der Waals surface area contributed by atoms with Gasteiger partial charge < -0.3 is 9.32 Å². The number of furan rings is 1. The molecule has 0 unspecified atom stereocenters. The fourth-order valence-corrected chi connectivity index (χ4v) is 10.6. The lowest BCUT2D eigenvalue weighted by Gasteiger charge is -2.28. The maximum Gasteiger partial charge on any atom is 0.143 e. The summed E-state index contributed by atoms with van der Waals surface area (Å²) in [6.45, 7) is 9.41. The molecule has 12 rings (SSSR count). The van der Waals surface area contributed by atoms with Crippen LogP contribution in [-0.2, 0) is 10.8 Å². The lowest BCUT2D eigenvalue weighted by molar-refractivity contribution is 0.660. The third-order valence-corrected chi connectivity index (χ3v) is 13.7. The highest BCUT2D eigenvalue weighted by Gasteiger charge is 2.37. The van der Waals surface area contributed by atoms with Crippen molar-refractivity contribution in [1.29, 1.82) is 0 Å². The van der Waals surface area contributed by atoms with E-state index in [1.165, 1.54) is 72.0 Å². The van der Waals surface area contributed by atoms with Crippen LogP contribution < -0.4 is 4.90 Å². The maximum atomic E-state index is 7.00. The Labute approximate surface area is 351 Å². The van der Waals surface area contributed by atoms with Gasteiger partial charge in [0.05, 0.1) is 0 Å². The number of hydrogen-bond donors (Lipinski definition) is 0. The van der Waals surface area contributed by atoms with Gasteiger partial charge in [-0.3, -0.25) is 0 Å². The summed E-state index contributed by atoms with van der Waals surface area (Å²) in [6.07, 6.45) is 0. The van der Waals surface area contributed by atoms with Gasteiger partial charge in [0.2, 0.25) is 0 Å². The van der Waals surface area contributed by atoms with E-state index in [9.17, 15) is 0 Å². The van der Waals surface area contributed by atoms with Gasteiger partial charge in [-0.05, 0) is 127 Å². The first-order chi connectivity index (χ1) is 29.3. The molecule has 0 N–H and O–H groups in total. The van der Waals surface area contributed by atoms with Crippen molar-refractivity contribution in [3.8, 4) is 44.5 Å². The number of anilines is 3. The van der Waals surface area contributed by atoms with Crippen LogP contribution in [0.15, 0.2) is 192 Å². The summed E-state index contributed by atoms with van der Waals surface area (Å²) < 4.78 is 7.00. The van der Waals surface area contributed by atoms with Gasteiger partial charge in [-0.25, -0.2) is 0 Å². The Balaban J connectivity index is 1.05. The van der Waals surface area contributed by atoms with E-state index in [0.717, 1.165) is 44.6 Å². The molecule has 0 aliphatic heterocycles. The first-order valence-corrected chi connectivity index (χ1v) is 21.1. The molecule has 1 aromatic heterocycles. The maximum absolute atomic E-state index is 7.00. The third-order valence-electron chi connectivity index (χ3n) is 13.7. The van der Waals surface area contributed by atoms with Crippen LogP contribution >= 0.6 is 0 Å². The van der Waals surface area contributed by atoms with Gasteiger partial charge in [-0.1, -0.05) is 161 Å². The Morgan fingerprint density at radius 1 is 0.367 bits per heavy atom. The van der Waals surface area contributed by atoms with Crippen LogP contribution in [0.5, 0.6) is 0 Å². The van der Waals surface area contributed by atoms with Crippen LogP contribution in [-0.4, -0.2) is 0 Å². The van der Waals surface area contributed by atoms with Crippen LogP contribution in [0, 0.1) is 0 Å². The van der Waals surface area contributed by atoms with Crippen molar-refractivity contribution in [1.82, 2.24) is 0 Å². The van der Waals surface area contributed by atoms with E-state index in [0.29, 0.717) is 0 Å². The Bertz CT molecular complexity index is 3370. The van der Waals surface area contributed by atoms with E-state index >= 15 is 0 Å². The average Bonchev–Trinajstić information content (AvgIpc) is 3.85. The van der Waals surface area contributed by atoms with Crippen molar-refractivity contribution in [3.63, 3.8) is 0 Å². The highest BCUT2D eigenvalue weighted by molar-refractivity contribution is 6.19. The number of hydrogen-bond acceptors (Lipinski definition) is 2. The minimum atomic E-state index is -0.123. The second-order valence-electron chi connectivity index (χ2n) is 17.7. The molecule has 60 heavy (non-hydrogen) atoms. The van der Waals surface area contributed by atoms with E-state index < -0.39 is 0 Å². The lowest BCUT2D eigenvalue weighted by Crippen LogP contribution is -2.16. The normalized spacial score (nSPS) is 14.3. The zero-order valence-electron chi connectivity index (χ0n) is 34.3. The van der Waals surface area contributed by atoms with E-state index in [2.05, 4.69) is 221 Å². The second-order valence-corrected chi connectivity index (χ2v) is 17.7. The smallest absolute Gasteiger partial charge is 0.143 e. The number of rotatable bonds is 5. The lowest BCUT2D eigenvalue weighted by atomic mass is 9.81. The topological polar surface area (TPSA) is 16.4 Å². The van der Waals surface area contributed by atoms with Crippen molar-refractivity contribution >= 4 is 49.8 Å². The molecule has 0 amide bonds. The Morgan fingerprint density at radius 3 is 1.63 bits per heavy atom. The molecule has 2 aliphatic rings. The summed E-state index contributed by atoms with van der Waals surface area (Å²) in [5.74, 6) is 0. The summed E-state index contributed by atoms with van der Waals surface area (Å²) in [5, 5.41) is 4.61. The zero-order valence-corrected chi connectivity index (χ0v) is 34.3. The number of nitrogens with zero attached hydrogens (tertiary/aromatic N) is 1. The molecular weight excluding hydrogens is 727 g/mol. The molecule has 0 saturated heterocycles. The van der Waals surface area contributed by atoms with Gasteiger partial charge in [0.15, 0.2) is 0 Å². The molecule has 0 spiro atoms. The van der Waals surface area contributed by atoms with Gasteiger partial charge in [0, 0.05) is 44.2 Å². The molecular formula is C58H43NO. The largest absolute Gasteiger partial charge is 0.455 e. The minimum absolute atomic E-state index is 0.104. The predicted octanol–water partition coefficient (Wildman–Crippen LogP) is 16.2. The van der Waals surface area contributed by atoms with Crippen molar-refractivity contribution in [2.45, 2.75) is 38.5 Å². The summed E-state index contributed by atoms with van der Waals surface area (Å²) in [6, 6.07) is 69.2. The van der Waals surface area contributed by atoms with Crippen LogP contribution in [0.3, 0.4) is 0 Å². The van der Waals surface area contributed by atoms with E-state index in [-0.39, 0.29) is 10.8 Å². The fraction of sp³-hybridized carbons (Fsp3) is 0.103. The molecule has 0 radical (unpaired) electrons.